The van der Waals surface area contributed by atoms with Crippen LogP contribution in [0.15, 0.2) is 58.3 Å². The number of aromatic nitrogens is 3. The minimum absolute atomic E-state index is 0.0283. The van der Waals surface area contributed by atoms with Crippen LogP contribution in [0.4, 0.5) is 5.69 Å². The van der Waals surface area contributed by atoms with Crippen LogP contribution in [0.5, 0.6) is 11.8 Å². The Kier molecular flexibility index (Phi) is 9.15. The van der Waals surface area contributed by atoms with Gasteiger partial charge in [0.05, 0.1) is 29.0 Å². The predicted molar refractivity (Wildman–Crippen MR) is 157 cm³/mol. The average Bonchev–Trinajstić information content (AvgIpc) is 3.40. The molecular formula is C27H37N7O6S2. The summed E-state index contributed by atoms with van der Waals surface area (Å²) in [6.45, 7) is 9.03. The highest BCUT2D eigenvalue weighted by Gasteiger charge is 2.28. The number of hydrogen-bond donors (Lipinski definition) is 1. The Morgan fingerprint density at radius 3 is 2.26 bits per heavy atom. The molecule has 0 spiro atoms. The molecule has 2 fully saturated rings. The van der Waals surface area contributed by atoms with Gasteiger partial charge in [0, 0.05) is 57.6 Å². The number of hydrogen-bond acceptors (Lipinski definition) is 10. The first-order valence-electron chi connectivity index (χ1n) is 13.9. The van der Waals surface area contributed by atoms with Crippen molar-refractivity contribution in [1.82, 2.24) is 28.7 Å². The van der Waals surface area contributed by atoms with Gasteiger partial charge in [-0.25, -0.2) is 21.6 Å². The first-order chi connectivity index (χ1) is 20.1. The van der Waals surface area contributed by atoms with E-state index < -0.39 is 26.1 Å². The minimum atomic E-state index is -4.00. The van der Waals surface area contributed by atoms with E-state index >= 15 is 0 Å². The maximum atomic E-state index is 13.2. The molecule has 1 atom stereocenters. The Morgan fingerprint density at radius 1 is 0.929 bits per heavy atom. The van der Waals surface area contributed by atoms with Crippen LogP contribution in [0.25, 0.3) is 0 Å². The number of sulfonamides is 2. The van der Waals surface area contributed by atoms with Crippen molar-refractivity contribution in [3.05, 3.63) is 54.4 Å². The average molecular weight is 620 g/mol. The Morgan fingerprint density at radius 2 is 1.60 bits per heavy atom. The van der Waals surface area contributed by atoms with E-state index in [1.165, 1.54) is 28.6 Å². The Bertz CT molecular complexity index is 1580. The van der Waals surface area contributed by atoms with E-state index in [1.54, 1.807) is 11.5 Å². The molecule has 13 nitrogen and oxygen atoms in total. The summed E-state index contributed by atoms with van der Waals surface area (Å²) >= 11 is 0. The second-order valence-corrected chi connectivity index (χ2v) is 14.0. The number of nitrogens with one attached hydrogen (secondary N) is 1. The quantitative estimate of drug-likeness (QED) is 0.358. The molecule has 228 valence electrons. The van der Waals surface area contributed by atoms with Crippen molar-refractivity contribution >= 4 is 25.7 Å². The molecule has 2 aliphatic heterocycles. The molecule has 2 aliphatic rings. The van der Waals surface area contributed by atoms with Crippen molar-refractivity contribution in [1.29, 1.82) is 0 Å². The molecule has 0 amide bonds. The molecule has 0 saturated carbocycles. The third-order valence-corrected chi connectivity index (χ3v) is 10.9. The highest BCUT2D eigenvalue weighted by atomic mass is 32.2. The van der Waals surface area contributed by atoms with Crippen LogP contribution < -0.4 is 14.4 Å². The van der Waals surface area contributed by atoms with Crippen LogP contribution in [0, 0.1) is 0 Å². The van der Waals surface area contributed by atoms with E-state index in [1.807, 2.05) is 25.1 Å². The van der Waals surface area contributed by atoms with Crippen LogP contribution in [0.2, 0.25) is 0 Å². The molecule has 0 radical (unpaired) electrons. The first kappa shape index (κ1) is 30.4. The van der Waals surface area contributed by atoms with Crippen molar-refractivity contribution in [2.24, 2.45) is 0 Å². The van der Waals surface area contributed by atoms with Crippen LogP contribution in [0.1, 0.15) is 25.7 Å². The van der Waals surface area contributed by atoms with E-state index in [2.05, 4.69) is 37.8 Å². The number of morpholine rings is 1. The molecule has 2 saturated heterocycles. The standard InChI is InChI=1S/C27H37N7O6S2/c1-4-34-26(28-29-27(34)40-23-7-5-6-22(20-23)32-14-12-31(3)13-15-32)21(2)30-41(35,36)24-8-10-25(11-9-24)42(37,38)33-16-18-39-19-17-33/h5-11,20-21,30H,4,12-19H2,1-3H3/t21-/m1/s1. The molecular weight excluding hydrogens is 582 g/mol. The summed E-state index contributed by atoms with van der Waals surface area (Å²) in [5, 5.41) is 8.43. The molecule has 42 heavy (non-hydrogen) atoms. The number of likely N-dealkylation sites (N-methyl/N-ethyl adjacent to an activating group) is 1. The van der Waals surface area contributed by atoms with Gasteiger partial charge in [0.15, 0.2) is 5.82 Å². The van der Waals surface area contributed by atoms with Gasteiger partial charge in [-0.1, -0.05) is 11.2 Å². The monoisotopic (exact) mass is 619 g/mol. The van der Waals surface area contributed by atoms with Crippen molar-refractivity contribution in [3.63, 3.8) is 0 Å². The number of benzene rings is 2. The summed E-state index contributed by atoms with van der Waals surface area (Å²) in [5.41, 5.74) is 1.06. The summed E-state index contributed by atoms with van der Waals surface area (Å²) in [5.74, 6) is 0.998. The second kappa shape index (κ2) is 12.7. The van der Waals surface area contributed by atoms with Gasteiger partial charge in [-0.15, -0.1) is 5.10 Å². The van der Waals surface area contributed by atoms with Crippen molar-refractivity contribution in [3.8, 4) is 11.8 Å². The molecule has 3 heterocycles. The molecule has 0 aliphatic carbocycles. The second-order valence-electron chi connectivity index (χ2n) is 10.3. The topological polar surface area (TPSA) is 139 Å². The number of nitrogens with zero attached hydrogens (tertiary/aromatic N) is 6. The highest BCUT2D eigenvalue weighted by Crippen LogP contribution is 2.28. The summed E-state index contributed by atoms with van der Waals surface area (Å²) < 4.78 is 69.2. The number of anilines is 1. The fraction of sp³-hybridized carbons (Fsp3) is 0.481. The SMILES string of the molecule is CCn1c(Oc2cccc(N3CCN(C)CC3)c2)nnc1[C@@H](C)NS(=O)(=O)c1ccc(S(=O)(=O)N2CCOCC2)cc1. The number of piperazine rings is 1. The number of rotatable bonds is 10. The zero-order valence-corrected chi connectivity index (χ0v) is 25.6. The fourth-order valence-electron chi connectivity index (χ4n) is 4.99. The number of ether oxygens (including phenoxy) is 2. The zero-order valence-electron chi connectivity index (χ0n) is 24.0. The summed E-state index contributed by atoms with van der Waals surface area (Å²) in [7, 11) is -5.62. The minimum Gasteiger partial charge on any atom is -0.424 e. The lowest BCUT2D eigenvalue weighted by molar-refractivity contribution is 0.0730. The largest absolute Gasteiger partial charge is 0.424 e. The van der Waals surface area contributed by atoms with Gasteiger partial charge >= 0.3 is 6.01 Å². The van der Waals surface area contributed by atoms with Crippen molar-refractivity contribution < 1.29 is 26.3 Å². The maximum Gasteiger partial charge on any atom is 0.322 e. The lowest BCUT2D eigenvalue weighted by Crippen LogP contribution is -2.44. The van der Waals surface area contributed by atoms with Gasteiger partial charge in [0.1, 0.15) is 5.75 Å². The fourth-order valence-corrected chi connectivity index (χ4v) is 7.60. The Hall–Kier alpha value is -3.08. The van der Waals surface area contributed by atoms with Crippen molar-refractivity contribution in [2.75, 3.05) is 64.4 Å². The maximum absolute atomic E-state index is 13.2. The van der Waals surface area contributed by atoms with Gasteiger partial charge in [-0.05, 0) is 57.3 Å². The van der Waals surface area contributed by atoms with E-state index in [0.29, 0.717) is 31.3 Å². The lowest BCUT2D eigenvalue weighted by atomic mass is 10.2. The van der Waals surface area contributed by atoms with Gasteiger partial charge in [-0.3, -0.25) is 4.57 Å². The predicted octanol–water partition coefficient (Wildman–Crippen LogP) is 1.90. The van der Waals surface area contributed by atoms with Gasteiger partial charge in [-0.2, -0.15) is 4.31 Å². The molecule has 1 N–H and O–H groups in total. The zero-order chi connectivity index (χ0) is 29.9. The third kappa shape index (κ3) is 6.61. The normalized spacial score (nSPS) is 18.2. The van der Waals surface area contributed by atoms with E-state index in [4.69, 9.17) is 9.47 Å². The summed E-state index contributed by atoms with van der Waals surface area (Å²) in [6, 6.07) is 12.5. The van der Waals surface area contributed by atoms with Crippen LogP contribution in [-0.4, -0.2) is 100 Å². The Balaban J connectivity index is 1.28. The molecule has 5 rings (SSSR count). The van der Waals surface area contributed by atoms with Crippen molar-refractivity contribution in [2.45, 2.75) is 36.2 Å². The van der Waals surface area contributed by atoms with Gasteiger partial charge in [0.25, 0.3) is 0 Å². The smallest absolute Gasteiger partial charge is 0.322 e. The van der Waals surface area contributed by atoms with Gasteiger partial charge < -0.3 is 19.3 Å². The molecule has 0 unspecified atom stereocenters. The third-order valence-electron chi connectivity index (χ3n) is 7.42. The van der Waals surface area contributed by atoms with Crippen LogP contribution in [0.3, 0.4) is 0 Å². The molecule has 1 aromatic heterocycles. The molecule has 3 aromatic rings. The lowest BCUT2D eigenvalue weighted by Gasteiger charge is -2.34. The van der Waals surface area contributed by atoms with Gasteiger partial charge in [0.2, 0.25) is 20.0 Å². The highest BCUT2D eigenvalue weighted by molar-refractivity contribution is 7.89. The molecule has 2 aromatic carbocycles. The molecule has 15 heteroatoms. The van der Waals surface area contributed by atoms with Crippen LogP contribution >= 0.6 is 0 Å². The van der Waals surface area contributed by atoms with Crippen LogP contribution in [-0.2, 0) is 31.3 Å². The van der Waals surface area contributed by atoms with E-state index in [-0.39, 0.29) is 28.9 Å². The Labute approximate surface area is 247 Å². The van der Waals surface area contributed by atoms with E-state index in [9.17, 15) is 16.8 Å². The molecule has 0 bridgehead atoms. The first-order valence-corrected chi connectivity index (χ1v) is 16.9. The van der Waals surface area contributed by atoms with E-state index in [0.717, 1.165) is 31.9 Å². The summed E-state index contributed by atoms with van der Waals surface area (Å²) in [6.07, 6.45) is 0. The summed E-state index contributed by atoms with van der Waals surface area (Å²) in [4.78, 5) is 4.57.